The maximum atomic E-state index is 11.6. The van der Waals surface area contributed by atoms with Crippen LogP contribution in [0, 0.1) is 0 Å². The standard InChI is InChI=1S/C14H17Cl2NO4/c1-14(2,3)21-13(20)17-11(12(18)19)6-8-4-9(15)7-10(16)5-8/h4-5,7,11H,6H2,1-3H3,(H,17,20)(H,18,19)/t11-/m1/s1. The van der Waals surface area contributed by atoms with E-state index in [1.807, 2.05) is 0 Å². The number of carbonyl (C=O) groups is 2. The Balaban J connectivity index is 2.78. The first-order valence-electron chi connectivity index (χ1n) is 6.24. The molecule has 2 N–H and O–H groups in total. The molecule has 116 valence electrons. The Morgan fingerprint density at radius 2 is 1.76 bits per heavy atom. The highest BCUT2D eigenvalue weighted by atomic mass is 35.5. The highest BCUT2D eigenvalue weighted by Gasteiger charge is 2.24. The number of rotatable bonds is 4. The summed E-state index contributed by atoms with van der Waals surface area (Å²) in [6.45, 7) is 5.08. The highest BCUT2D eigenvalue weighted by molar-refractivity contribution is 6.34. The normalized spacial score (nSPS) is 12.6. The molecule has 0 spiro atoms. The summed E-state index contributed by atoms with van der Waals surface area (Å²) in [5.74, 6) is -1.17. The summed E-state index contributed by atoms with van der Waals surface area (Å²) < 4.78 is 5.04. The van der Waals surface area contributed by atoms with Gasteiger partial charge in [0.15, 0.2) is 0 Å². The minimum absolute atomic E-state index is 0.0505. The number of hydrogen-bond donors (Lipinski definition) is 2. The predicted octanol–water partition coefficient (Wildman–Crippen LogP) is 3.51. The van der Waals surface area contributed by atoms with E-state index in [-0.39, 0.29) is 6.42 Å². The minimum Gasteiger partial charge on any atom is -0.480 e. The average Bonchev–Trinajstić information content (AvgIpc) is 2.23. The molecule has 0 radical (unpaired) electrons. The van der Waals surface area contributed by atoms with Crippen LogP contribution in [0.2, 0.25) is 10.0 Å². The van der Waals surface area contributed by atoms with Crippen LogP contribution < -0.4 is 5.32 Å². The van der Waals surface area contributed by atoms with Gasteiger partial charge in [-0.25, -0.2) is 9.59 Å². The van der Waals surface area contributed by atoms with Crippen LogP contribution in [-0.2, 0) is 16.0 Å². The van der Waals surface area contributed by atoms with Gasteiger partial charge in [0.05, 0.1) is 0 Å². The Morgan fingerprint density at radius 3 is 2.19 bits per heavy atom. The van der Waals surface area contributed by atoms with E-state index in [4.69, 9.17) is 27.9 Å². The molecule has 1 amide bonds. The van der Waals surface area contributed by atoms with E-state index in [0.717, 1.165) is 0 Å². The summed E-state index contributed by atoms with van der Waals surface area (Å²) in [5.41, 5.74) is -0.0945. The summed E-state index contributed by atoms with van der Waals surface area (Å²) in [6, 6.07) is 3.61. The number of ether oxygens (including phenoxy) is 1. The quantitative estimate of drug-likeness (QED) is 0.883. The maximum absolute atomic E-state index is 11.6. The summed E-state index contributed by atoms with van der Waals surface area (Å²) in [6.07, 6.45) is -0.738. The molecule has 0 fully saturated rings. The second kappa shape index (κ2) is 7.00. The molecule has 0 saturated heterocycles. The monoisotopic (exact) mass is 333 g/mol. The zero-order valence-corrected chi connectivity index (χ0v) is 13.5. The number of halogens is 2. The first-order chi connectivity index (χ1) is 9.56. The van der Waals surface area contributed by atoms with Gasteiger partial charge in [0, 0.05) is 16.5 Å². The van der Waals surface area contributed by atoms with Gasteiger partial charge in [0.2, 0.25) is 0 Å². The van der Waals surface area contributed by atoms with Gasteiger partial charge in [-0.3, -0.25) is 0 Å². The van der Waals surface area contributed by atoms with Crippen molar-refractivity contribution in [3.63, 3.8) is 0 Å². The van der Waals surface area contributed by atoms with Gasteiger partial charge >= 0.3 is 12.1 Å². The molecule has 0 aliphatic heterocycles. The minimum atomic E-state index is -1.17. The molecule has 1 aromatic rings. The van der Waals surface area contributed by atoms with Crippen LogP contribution in [0.1, 0.15) is 26.3 Å². The number of nitrogens with one attached hydrogen (secondary N) is 1. The fourth-order valence-electron chi connectivity index (χ4n) is 1.61. The Morgan fingerprint density at radius 1 is 1.24 bits per heavy atom. The molecular formula is C14H17Cl2NO4. The van der Waals surface area contributed by atoms with E-state index in [0.29, 0.717) is 15.6 Å². The summed E-state index contributed by atoms with van der Waals surface area (Å²) in [4.78, 5) is 22.9. The first-order valence-corrected chi connectivity index (χ1v) is 7.00. The number of carboxylic acid groups (broad SMARTS) is 1. The van der Waals surface area contributed by atoms with Crippen LogP contribution in [0.15, 0.2) is 18.2 Å². The smallest absolute Gasteiger partial charge is 0.408 e. The Bertz CT molecular complexity index is 520. The van der Waals surface area contributed by atoms with Crippen LogP contribution in [0.25, 0.3) is 0 Å². The number of carbonyl (C=O) groups excluding carboxylic acids is 1. The third kappa shape index (κ3) is 6.69. The summed E-state index contributed by atoms with van der Waals surface area (Å²) >= 11 is 11.7. The highest BCUT2D eigenvalue weighted by Crippen LogP contribution is 2.20. The fraction of sp³-hybridized carbons (Fsp3) is 0.429. The molecule has 1 atom stereocenters. The van der Waals surface area contributed by atoms with Crippen molar-refractivity contribution in [1.82, 2.24) is 5.32 Å². The Kier molecular flexibility index (Phi) is 5.87. The van der Waals surface area contributed by atoms with Gasteiger partial charge in [-0.15, -0.1) is 0 Å². The lowest BCUT2D eigenvalue weighted by Crippen LogP contribution is -2.44. The van der Waals surface area contributed by atoms with E-state index in [1.54, 1.807) is 39.0 Å². The molecule has 0 unspecified atom stereocenters. The van der Waals surface area contributed by atoms with E-state index >= 15 is 0 Å². The number of alkyl carbamates (subject to hydrolysis) is 1. The first kappa shape index (κ1) is 17.6. The Hall–Kier alpha value is -1.46. The van der Waals surface area contributed by atoms with Crippen molar-refractivity contribution >= 4 is 35.3 Å². The molecule has 0 saturated carbocycles. The number of aliphatic carboxylic acids is 1. The van der Waals surface area contributed by atoms with Gasteiger partial charge in [0.1, 0.15) is 11.6 Å². The van der Waals surface area contributed by atoms with Crippen molar-refractivity contribution in [2.45, 2.75) is 38.8 Å². The number of carboxylic acids is 1. The van der Waals surface area contributed by atoms with Crippen molar-refractivity contribution in [2.24, 2.45) is 0 Å². The zero-order chi connectivity index (χ0) is 16.2. The number of benzene rings is 1. The van der Waals surface area contributed by atoms with Crippen molar-refractivity contribution in [1.29, 1.82) is 0 Å². The van der Waals surface area contributed by atoms with Gasteiger partial charge in [-0.1, -0.05) is 23.2 Å². The average molecular weight is 334 g/mol. The third-order valence-corrected chi connectivity index (χ3v) is 2.79. The third-order valence-electron chi connectivity index (χ3n) is 2.35. The molecule has 0 aliphatic rings. The van der Waals surface area contributed by atoms with Crippen molar-refractivity contribution in [3.05, 3.63) is 33.8 Å². The molecule has 1 rings (SSSR count). The van der Waals surface area contributed by atoms with E-state index in [9.17, 15) is 14.7 Å². The van der Waals surface area contributed by atoms with Crippen molar-refractivity contribution in [2.75, 3.05) is 0 Å². The van der Waals surface area contributed by atoms with E-state index in [1.165, 1.54) is 0 Å². The lowest BCUT2D eigenvalue weighted by Gasteiger charge is -2.22. The fourth-order valence-corrected chi connectivity index (χ4v) is 2.19. The molecule has 21 heavy (non-hydrogen) atoms. The van der Waals surface area contributed by atoms with E-state index < -0.39 is 23.7 Å². The lowest BCUT2D eigenvalue weighted by atomic mass is 10.1. The summed E-state index contributed by atoms with van der Waals surface area (Å²) in [7, 11) is 0. The number of amides is 1. The Labute approximate surface area is 133 Å². The SMILES string of the molecule is CC(C)(C)OC(=O)N[C@H](Cc1cc(Cl)cc(Cl)c1)C(=O)O. The molecule has 7 heteroatoms. The predicted molar refractivity (Wildman–Crippen MR) is 81.0 cm³/mol. The van der Waals surface area contributed by atoms with Gasteiger partial charge < -0.3 is 15.2 Å². The molecular weight excluding hydrogens is 317 g/mol. The van der Waals surface area contributed by atoms with Crippen LogP contribution in [-0.4, -0.2) is 28.8 Å². The van der Waals surface area contributed by atoms with Gasteiger partial charge in [-0.05, 0) is 44.5 Å². The second-order valence-electron chi connectivity index (χ2n) is 5.52. The largest absolute Gasteiger partial charge is 0.480 e. The van der Waals surface area contributed by atoms with Crippen molar-refractivity contribution in [3.8, 4) is 0 Å². The zero-order valence-electron chi connectivity index (χ0n) is 11.9. The van der Waals surface area contributed by atoms with Crippen LogP contribution in [0.4, 0.5) is 4.79 Å². The van der Waals surface area contributed by atoms with Gasteiger partial charge in [-0.2, -0.15) is 0 Å². The lowest BCUT2D eigenvalue weighted by molar-refractivity contribution is -0.139. The summed E-state index contributed by atoms with van der Waals surface area (Å²) in [5, 5.41) is 12.3. The van der Waals surface area contributed by atoms with Gasteiger partial charge in [0.25, 0.3) is 0 Å². The molecule has 0 aromatic heterocycles. The molecule has 0 bridgehead atoms. The van der Waals surface area contributed by atoms with Crippen LogP contribution >= 0.6 is 23.2 Å². The molecule has 0 heterocycles. The molecule has 5 nitrogen and oxygen atoms in total. The van der Waals surface area contributed by atoms with Crippen LogP contribution in [0.5, 0.6) is 0 Å². The van der Waals surface area contributed by atoms with Crippen molar-refractivity contribution < 1.29 is 19.4 Å². The topological polar surface area (TPSA) is 75.6 Å². The van der Waals surface area contributed by atoms with E-state index in [2.05, 4.69) is 5.32 Å². The van der Waals surface area contributed by atoms with Crippen LogP contribution in [0.3, 0.4) is 0 Å². The molecule has 1 aromatic carbocycles. The maximum Gasteiger partial charge on any atom is 0.408 e. The second-order valence-corrected chi connectivity index (χ2v) is 6.39. The molecule has 0 aliphatic carbocycles. The number of hydrogen-bond acceptors (Lipinski definition) is 3.